The minimum Gasteiger partial charge on any atom is -0.0622 e. The van der Waals surface area contributed by atoms with Gasteiger partial charge in [-0.15, -0.1) is 0 Å². The highest BCUT2D eigenvalue weighted by Crippen LogP contribution is 2.42. The molecule has 5 aromatic rings. The summed E-state index contributed by atoms with van der Waals surface area (Å²) in [7, 11) is 0. The summed E-state index contributed by atoms with van der Waals surface area (Å²) < 4.78 is 0. The molecule has 0 heteroatoms. The maximum absolute atomic E-state index is 2.34. The van der Waals surface area contributed by atoms with Crippen molar-refractivity contribution in [3.63, 3.8) is 0 Å². The minimum absolute atomic E-state index is 1.01. The lowest BCUT2D eigenvalue weighted by atomic mass is 9.92. The van der Waals surface area contributed by atoms with Crippen molar-refractivity contribution in [3.8, 4) is 44.5 Å². The first-order chi connectivity index (χ1) is 15.4. The molecule has 0 atom stereocenters. The second-order valence-corrected chi connectivity index (χ2v) is 8.19. The number of hydrogen-bond acceptors (Lipinski definition) is 0. The monoisotopic (exact) mass is 394 g/mol. The Morgan fingerprint density at radius 3 is 1.68 bits per heavy atom. The molecule has 0 aromatic heterocycles. The van der Waals surface area contributed by atoms with Crippen LogP contribution in [0.4, 0.5) is 0 Å². The van der Waals surface area contributed by atoms with Gasteiger partial charge in [0.15, 0.2) is 0 Å². The van der Waals surface area contributed by atoms with Gasteiger partial charge in [-0.3, -0.25) is 0 Å². The third-order valence-electron chi connectivity index (χ3n) is 6.33. The molecule has 31 heavy (non-hydrogen) atoms. The molecule has 0 fully saturated rings. The molecule has 1 aliphatic rings. The molecule has 0 unspecified atom stereocenters. The lowest BCUT2D eigenvalue weighted by Crippen LogP contribution is -1.89. The van der Waals surface area contributed by atoms with Crippen LogP contribution in [-0.4, -0.2) is 0 Å². The van der Waals surface area contributed by atoms with Gasteiger partial charge < -0.3 is 0 Å². The van der Waals surface area contributed by atoms with Crippen LogP contribution in [0.5, 0.6) is 0 Å². The van der Waals surface area contributed by atoms with Crippen LogP contribution in [-0.2, 0) is 6.42 Å². The van der Waals surface area contributed by atoms with Gasteiger partial charge in [-0.2, -0.15) is 0 Å². The average Bonchev–Trinajstić information content (AvgIpc) is 3.24. The fraction of sp³-hybridized carbons (Fsp3) is 0.0323. The summed E-state index contributed by atoms with van der Waals surface area (Å²) in [6, 6.07) is 43.9. The number of fused-ring (bicyclic) bond motifs is 3. The summed E-state index contributed by atoms with van der Waals surface area (Å²) in [4.78, 5) is 0. The molecule has 6 rings (SSSR count). The SMILES string of the molecule is c1ccc(-c2cccc(-c3cccc(-c4cccc5c4Cc4ccccc4-5)c3)c2)cc1. The van der Waals surface area contributed by atoms with Gasteiger partial charge in [-0.05, 0) is 74.2 Å². The van der Waals surface area contributed by atoms with E-state index in [0.717, 1.165) is 6.42 Å². The van der Waals surface area contributed by atoms with Crippen LogP contribution in [0.3, 0.4) is 0 Å². The maximum atomic E-state index is 2.34. The molecule has 0 saturated carbocycles. The standard InChI is InChI=1S/C31H22/c1-2-9-22(10-3-1)23-12-6-13-24(19-23)25-14-7-15-26(20-25)29-17-8-18-30-28-16-5-4-11-27(28)21-31(29)30/h1-20H,21H2. The van der Waals surface area contributed by atoms with E-state index >= 15 is 0 Å². The highest BCUT2D eigenvalue weighted by atomic mass is 14.2. The molecule has 5 aromatic carbocycles. The molecule has 0 aliphatic heterocycles. The van der Waals surface area contributed by atoms with Crippen molar-refractivity contribution in [2.45, 2.75) is 6.42 Å². The van der Waals surface area contributed by atoms with Crippen LogP contribution in [0.25, 0.3) is 44.5 Å². The summed E-state index contributed by atoms with van der Waals surface area (Å²) in [6.07, 6.45) is 1.01. The van der Waals surface area contributed by atoms with Crippen LogP contribution >= 0.6 is 0 Å². The molecular weight excluding hydrogens is 372 g/mol. The summed E-state index contributed by atoms with van der Waals surface area (Å²) in [6.45, 7) is 0. The van der Waals surface area contributed by atoms with Gasteiger partial charge in [0, 0.05) is 0 Å². The Morgan fingerprint density at radius 1 is 0.355 bits per heavy atom. The van der Waals surface area contributed by atoms with E-state index in [1.54, 1.807) is 0 Å². The first-order valence-corrected chi connectivity index (χ1v) is 10.8. The average molecular weight is 395 g/mol. The van der Waals surface area contributed by atoms with Crippen molar-refractivity contribution in [2.75, 3.05) is 0 Å². The number of benzene rings is 5. The summed E-state index contributed by atoms with van der Waals surface area (Å²) in [5.41, 5.74) is 13.3. The Morgan fingerprint density at radius 2 is 0.871 bits per heavy atom. The quantitative estimate of drug-likeness (QED) is 0.283. The lowest BCUT2D eigenvalue weighted by Gasteiger charge is -2.12. The fourth-order valence-electron chi connectivity index (χ4n) is 4.80. The summed E-state index contributed by atoms with van der Waals surface area (Å²) in [5.74, 6) is 0. The largest absolute Gasteiger partial charge is 0.0622 e. The van der Waals surface area contributed by atoms with Gasteiger partial charge in [0.1, 0.15) is 0 Å². The molecule has 0 bridgehead atoms. The van der Waals surface area contributed by atoms with Crippen LogP contribution in [0, 0.1) is 0 Å². The van der Waals surface area contributed by atoms with Gasteiger partial charge in [0.2, 0.25) is 0 Å². The second-order valence-electron chi connectivity index (χ2n) is 8.19. The molecule has 0 N–H and O–H groups in total. The van der Waals surface area contributed by atoms with Crippen LogP contribution < -0.4 is 0 Å². The molecule has 146 valence electrons. The zero-order valence-corrected chi connectivity index (χ0v) is 17.3. The third-order valence-corrected chi connectivity index (χ3v) is 6.33. The Hall–Kier alpha value is -3.90. The van der Waals surface area contributed by atoms with Gasteiger partial charge in [0.05, 0.1) is 0 Å². The zero-order valence-electron chi connectivity index (χ0n) is 17.3. The predicted octanol–water partition coefficient (Wildman–Crippen LogP) is 8.26. The highest BCUT2D eigenvalue weighted by molar-refractivity contribution is 5.86. The molecule has 0 spiro atoms. The van der Waals surface area contributed by atoms with Crippen molar-refractivity contribution in [3.05, 3.63) is 132 Å². The smallest absolute Gasteiger partial charge is 0.000729 e. The number of rotatable bonds is 3. The molecule has 0 heterocycles. The molecule has 0 nitrogen and oxygen atoms in total. The molecule has 0 radical (unpaired) electrons. The van der Waals surface area contributed by atoms with E-state index in [1.165, 1.54) is 55.6 Å². The van der Waals surface area contributed by atoms with Crippen molar-refractivity contribution in [1.82, 2.24) is 0 Å². The van der Waals surface area contributed by atoms with Gasteiger partial charge >= 0.3 is 0 Å². The van der Waals surface area contributed by atoms with Gasteiger partial charge in [-0.25, -0.2) is 0 Å². The third kappa shape index (κ3) is 3.17. The Balaban J connectivity index is 1.42. The van der Waals surface area contributed by atoms with Crippen LogP contribution in [0.15, 0.2) is 121 Å². The van der Waals surface area contributed by atoms with E-state index < -0.39 is 0 Å². The topological polar surface area (TPSA) is 0 Å². The van der Waals surface area contributed by atoms with Gasteiger partial charge in [-0.1, -0.05) is 109 Å². The fourth-order valence-corrected chi connectivity index (χ4v) is 4.80. The second kappa shape index (κ2) is 7.41. The zero-order chi connectivity index (χ0) is 20.6. The Bertz CT molecular complexity index is 1390. The maximum Gasteiger partial charge on any atom is -0.000729 e. The van der Waals surface area contributed by atoms with Gasteiger partial charge in [0.25, 0.3) is 0 Å². The van der Waals surface area contributed by atoms with E-state index in [4.69, 9.17) is 0 Å². The van der Waals surface area contributed by atoms with E-state index in [1.807, 2.05) is 0 Å². The molecular formula is C31H22. The normalized spacial score (nSPS) is 11.7. The number of hydrogen-bond donors (Lipinski definition) is 0. The van der Waals surface area contributed by atoms with E-state index in [2.05, 4.69) is 121 Å². The summed E-state index contributed by atoms with van der Waals surface area (Å²) in [5, 5.41) is 0. The minimum atomic E-state index is 1.01. The predicted molar refractivity (Wildman–Crippen MR) is 131 cm³/mol. The summed E-state index contributed by atoms with van der Waals surface area (Å²) >= 11 is 0. The Labute approximate surface area is 183 Å². The molecule has 0 amide bonds. The van der Waals surface area contributed by atoms with Crippen molar-refractivity contribution in [2.24, 2.45) is 0 Å². The van der Waals surface area contributed by atoms with Crippen molar-refractivity contribution >= 4 is 0 Å². The first-order valence-electron chi connectivity index (χ1n) is 10.8. The van der Waals surface area contributed by atoms with Crippen molar-refractivity contribution < 1.29 is 0 Å². The first kappa shape index (κ1) is 17.9. The molecule has 1 aliphatic carbocycles. The highest BCUT2D eigenvalue weighted by Gasteiger charge is 2.21. The lowest BCUT2D eigenvalue weighted by molar-refractivity contribution is 1.26. The van der Waals surface area contributed by atoms with E-state index in [9.17, 15) is 0 Å². The van der Waals surface area contributed by atoms with Crippen LogP contribution in [0.1, 0.15) is 11.1 Å². The van der Waals surface area contributed by atoms with E-state index in [-0.39, 0.29) is 0 Å². The Kier molecular flexibility index (Phi) is 4.28. The van der Waals surface area contributed by atoms with E-state index in [0.29, 0.717) is 0 Å². The van der Waals surface area contributed by atoms with Crippen molar-refractivity contribution in [1.29, 1.82) is 0 Å². The molecule has 0 saturated heterocycles. The van der Waals surface area contributed by atoms with Crippen LogP contribution in [0.2, 0.25) is 0 Å².